The first-order valence-electron chi connectivity index (χ1n) is 6.41. The van der Waals surface area contributed by atoms with Gasteiger partial charge in [0, 0.05) is 19.8 Å². The van der Waals surface area contributed by atoms with E-state index in [0.717, 1.165) is 4.90 Å². The number of methoxy groups -OCH3 is 1. The SMILES string of the molecule is COCC(C)N(C)C(=O)N(CC(=O)O)c1ccc(O)cc1. The highest BCUT2D eigenvalue weighted by Crippen LogP contribution is 2.20. The number of amides is 2. The van der Waals surface area contributed by atoms with Gasteiger partial charge in [-0.25, -0.2) is 4.79 Å². The van der Waals surface area contributed by atoms with E-state index in [-0.39, 0.29) is 11.8 Å². The highest BCUT2D eigenvalue weighted by molar-refractivity contribution is 5.96. The summed E-state index contributed by atoms with van der Waals surface area (Å²) in [7, 11) is 3.12. The minimum atomic E-state index is -1.12. The topological polar surface area (TPSA) is 90.3 Å². The number of nitrogens with zero attached hydrogens (tertiary/aromatic N) is 2. The number of carboxylic acid groups (broad SMARTS) is 1. The third-order valence-corrected chi connectivity index (χ3v) is 3.06. The molecule has 0 spiro atoms. The molecule has 0 fully saturated rings. The minimum Gasteiger partial charge on any atom is -0.508 e. The summed E-state index contributed by atoms with van der Waals surface area (Å²) in [5.41, 5.74) is 0.400. The number of urea groups is 1. The van der Waals surface area contributed by atoms with Crippen molar-refractivity contribution >= 4 is 17.7 Å². The quantitative estimate of drug-likeness (QED) is 0.827. The van der Waals surface area contributed by atoms with Crippen LogP contribution >= 0.6 is 0 Å². The molecule has 21 heavy (non-hydrogen) atoms. The van der Waals surface area contributed by atoms with Gasteiger partial charge in [0.1, 0.15) is 12.3 Å². The lowest BCUT2D eigenvalue weighted by molar-refractivity contribution is -0.135. The molecule has 7 nitrogen and oxygen atoms in total. The number of hydrogen-bond donors (Lipinski definition) is 2. The van der Waals surface area contributed by atoms with Crippen LogP contribution in [0.1, 0.15) is 6.92 Å². The molecule has 116 valence electrons. The normalized spacial score (nSPS) is 11.8. The van der Waals surface area contributed by atoms with Gasteiger partial charge in [0.05, 0.1) is 12.6 Å². The lowest BCUT2D eigenvalue weighted by Gasteiger charge is -2.30. The number of rotatable bonds is 6. The zero-order valence-electron chi connectivity index (χ0n) is 12.3. The van der Waals surface area contributed by atoms with Gasteiger partial charge in [-0.1, -0.05) is 0 Å². The van der Waals surface area contributed by atoms with Gasteiger partial charge in [0.2, 0.25) is 0 Å². The van der Waals surface area contributed by atoms with Crippen LogP contribution in [0.2, 0.25) is 0 Å². The Hall–Kier alpha value is -2.28. The highest BCUT2D eigenvalue weighted by atomic mass is 16.5. The zero-order valence-corrected chi connectivity index (χ0v) is 12.3. The van der Waals surface area contributed by atoms with Gasteiger partial charge in [-0.2, -0.15) is 0 Å². The summed E-state index contributed by atoms with van der Waals surface area (Å²) in [6.45, 7) is 1.68. The van der Waals surface area contributed by atoms with Crippen LogP contribution in [0.5, 0.6) is 5.75 Å². The molecule has 0 bridgehead atoms. The molecule has 1 unspecified atom stereocenters. The molecule has 2 amide bonds. The fourth-order valence-corrected chi connectivity index (χ4v) is 1.77. The standard InChI is InChI=1S/C14H20N2O5/c1-10(9-21-3)15(2)14(20)16(8-13(18)19)11-4-6-12(17)7-5-11/h4-7,10,17H,8-9H2,1-3H3,(H,18,19). The van der Waals surface area contributed by atoms with Crippen molar-refractivity contribution in [3.8, 4) is 5.75 Å². The third kappa shape index (κ3) is 4.64. The van der Waals surface area contributed by atoms with Crippen LogP contribution in [0, 0.1) is 0 Å². The molecule has 0 aliphatic carbocycles. The maximum atomic E-state index is 12.5. The first-order chi connectivity index (χ1) is 9.86. The average Bonchev–Trinajstić information content (AvgIpc) is 2.44. The molecule has 1 atom stereocenters. The van der Waals surface area contributed by atoms with Crippen molar-refractivity contribution in [3.05, 3.63) is 24.3 Å². The monoisotopic (exact) mass is 296 g/mol. The predicted octanol–water partition coefficient (Wildman–Crippen LogP) is 1.37. The van der Waals surface area contributed by atoms with Gasteiger partial charge in [-0.15, -0.1) is 0 Å². The van der Waals surface area contributed by atoms with E-state index in [9.17, 15) is 14.7 Å². The van der Waals surface area contributed by atoms with E-state index in [1.807, 2.05) is 0 Å². The van der Waals surface area contributed by atoms with Crippen LogP contribution in [-0.4, -0.2) is 60.5 Å². The number of aromatic hydroxyl groups is 1. The molecule has 1 rings (SSSR count). The number of anilines is 1. The summed E-state index contributed by atoms with van der Waals surface area (Å²) in [5, 5.41) is 18.3. The number of likely N-dealkylation sites (N-methyl/N-ethyl adjacent to an activating group) is 1. The van der Waals surface area contributed by atoms with Crippen molar-refractivity contribution in [1.29, 1.82) is 0 Å². The molecule has 1 aromatic carbocycles. The van der Waals surface area contributed by atoms with Crippen LogP contribution in [0.3, 0.4) is 0 Å². The fraction of sp³-hybridized carbons (Fsp3) is 0.429. The van der Waals surface area contributed by atoms with E-state index in [4.69, 9.17) is 9.84 Å². The summed E-state index contributed by atoms with van der Waals surface area (Å²) in [4.78, 5) is 26.0. The van der Waals surface area contributed by atoms with Gasteiger partial charge in [-0.3, -0.25) is 9.69 Å². The summed E-state index contributed by atoms with van der Waals surface area (Å²) >= 11 is 0. The maximum Gasteiger partial charge on any atom is 0.325 e. The van der Waals surface area contributed by atoms with E-state index in [1.165, 1.54) is 36.3 Å². The van der Waals surface area contributed by atoms with Crippen molar-refractivity contribution in [2.75, 3.05) is 32.2 Å². The zero-order chi connectivity index (χ0) is 16.0. The second-order valence-corrected chi connectivity index (χ2v) is 4.69. The Kier molecular flexibility index (Phi) is 5.98. The number of benzene rings is 1. The number of carboxylic acids is 1. The van der Waals surface area contributed by atoms with Crippen LogP contribution in [-0.2, 0) is 9.53 Å². The van der Waals surface area contributed by atoms with Crippen molar-refractivity contribution in [2.45, 2.75) is 13.0 Å². The van der Waals surface area contributed by atoms with Gasteiger partial charge in [0.15, 0.2) is 0 Å². The van der Waals surface area contributed by atoms with Crippen molar-refractivity contribution in [2.24, 2.45) is 0 Å². The molecule has 0 saturated heterocycles. The summed E-state index contributed by atoms with van der Waals surface area (Å²) in [6, 6.07) is 5.13. The minimum absolute atomic E-state index is 0.0441. The first kappa shape index (κ1) is 16.8. The van der Waals surface area contributed by atoms with Gasteiger partial charge in [0.25, 0.3) is 0 Å². The van der Waals surface area contributed by atoms with E-state index in [1.54, 1.807) is 14.0 Å². The molecule has 0 aliphatic heterocycles. The largest absolute Gasteiger partial charge is 0.508 e. The second-order valence-electron chi connectivity index (χ2n) is 4.69. The maximum absolute atomic E-state index is 12.5. The van der Waals surface area contributed by atoms with Gasteiger partial charge < -0.3 is 19.8 Å². The molecule has 0 saturated carbocycles. The predicted molar refractivity (Wildman–Crippen MR) is 77.6 cm³/mol. The number of phenolic OH excluding ortho intramolecular Hbond substituents is 1. The Labute approximate surface area is 123 Å². The summed E-state index contributed by atoms with van der Waals surface area (Å²) in [5.74, 6) is -1.08. The molecule has 0 aliphatic rings. The Morgan fingerprint density at radius 3 is 2.33 bits per heavy atom. The molecule has 0 radical (unpaired) electrons. The van der Waals surface area contributed by atoms with Crippen LogP contribution in [0.25, 0.3) is 0 Å². The molecule has 1 aromatic rings. The molecule has 7 heteroatoms. The third-order valence-electron chi connectivity index (χ3n) is 3.06. The van der Waals surface area contributed by atoms with Crippen molar-refractivity contribution in [1.82, 2.24) is 4.90 Å². The number of phenols is 1. The Morgan fingerprint density at radius 1 is 1.29 bits per heavy atom. The Bertz CT molecular complexity index is 489. The number of carbonyl (C=O) groups excluding carboxylic acids is 1. The molecule has 0 aromatic heterocycles. The first-order valence-corrected chi connectivity index (χ1v) is 6.41. The van der Waals surface area contributed by atoms with Crippen molar-refractivity contribution in [3.63, 3.8) is 0 Å². The Morgan fingerprint density at radius 2 is 1.86 bits per heavy atom. The average molecular weight is 296 g/mol. The van der Waals surface area contributed by atoms with E-state index < -0.39 is 18.5 Å². The summed E-state index contributed by atoms with van der Waals surface area (Å²) in [6.07, 6.45) is 0. The van der Waals surface area contributed by atoms with Crippen LogP contribution < -0.4 is 4.90 Å². The van der Waals surface area contributed by atoms with E-state index in [0.29, 0.717) is 12.3 Å². The number of ether oxygens (including phenoxy) is 1. The fourth-order valence-electron chi connectivity index (χ4n) is 1.77. The number of aliphatic carboxylic acids is 1. The molecule has 2 N–H and O–H groups in total. The van der Waals surface area contributed by atoms with Crippen molar-refractivity contribution < 1.29 is 24.5 Å². The van der Waals surface area contributed by atoms with E-state index >= 15 is 0 Å². The molecule has 0 heterocycles. The molecular formula is C14H20N2O5. The highest BCUT2D eigenvalue weighted by Gasteiger charge is 2.25. The second kappa shape index (κ2) is 7.49. The van der Waals surface area contributed by atoms with Crippen LogP contribution in [0.15, 0.2) is 24.3 Å². The number of carbonyl (C=O) groups is 2. The Balaban J connectivity index is 2.99. The van der Waals surface area contributed by atoms with E-state index in [2.05, 4.69) is 0 Å². The number of hydrogen-bond acceptors (Lipinski definition) is 4. The lowest BCUT2D eigenvalue weighted by Crippen LogP contribution is -2.48. The summed E-state index contributed by atoms with van der Waals surface area (Å²) < 4.78 is 5.00. The molecular weight excluding hydrogens is 276 g/mol. The van der Waals surface area contributed by atoms with Gasteiger partial charge in [-0.05, 0) is 31.2 Å². The van der Waals surface area contributed by atoms with Crippen LogP contribution in [0.4, 0.5) is 10.5 Å². The van der Waals surface area contributed by atoms with Gasteiger partial charge >= 0.3 is 12.0 Å². The smallest absolute Gasteiger partial charge is 0.325 e. The lowest BCUT2D eigenvalue weighted by atomic mass is 10.2.